The van der Waals surface area contributed by atoms with Gasteiger partial charge in [-0.3, -0.25) is 14.5 Å². The van der Waals surface area contributed by atoms with Crippen molar-refractivity contribution >= 4 is 56.1 Å². The minimum absolute atomic E-state index is 0.106. The van der Waals surface area contributed by atoms with E-state index in [2.05, 4.69) is 15.5 Å². The summed E-state index contributed by atoms with van der Waals surface area (Å²) in [7, 11) is 1.70. The Morgan fingerprint density at radius 1 is 1.38 bits per heavy atom. The molecule has 2 aromatic heterocycles. The van der Waals surface area contributed by atoms with E-state index >= 15 is 0 Å². The Kier molecular flexibility index (Phi) is 5.58. The van der Waals surface area contributed by atoms with Crippen LogP contribution in [0.2, 0.25) is 0 Å². The third-order valence-electron chi connectivity index (χ3n) is 3.65. The van der Waals surface area contributed by atoms with Crippen molar-refractivity contribution < 1.29 is 14.1 Å². The Bertz CT molecular complexity index is 904. The summed E-state index contributed by atoms with van der Waals surface area (Å²) in [4.78, 5) is 30.6. The zero-order valence-electron chi connectivity index (χ0n) is 14.6. The van der Waals surface area contributed by atoms with E-state index in [0.717, 1.165) is 10.2 Å². The summed E-state index contributed by atoms with van der Waals surface area (Å²) in [6.45, 7) is 3.50. The Balaban J connectivity index is 1.54. The summed E-state index contributed by atoms with van der Waals surface area (Å²) < 4.78 is 5.94. The number of benzene rings is 1. The van der Waals surface area contributed by atoms with Crippen LogP contribution in [0.25, 0.3) is 10.2 Å². The maximum Gasteiger partial charge on any atom is 0.238 e. The summed E-state index contributed by atoms with van der Waals surface area (Å²) in [6, 6.07) is 9.39. The van der Waals surface area contributed by atoms with Gasteiger partial charge in [-0.2, -0.15) is 0 Å². The Labute approximate surface area is 158 Å². The van der Waals surface area contributed by atoms with Gasteiger partial charge in [0.25, 0.3) is 0 Å². The van der Waals surface area contributed by atoms with E-state index in [1.165, 1.54) is 28.0 Å². The number of hydrogen-bond acceptors (Lipinski definition) is 7. The molecule has 0 bridgehead atoms. The number of thioether (sulfide) groups is 1. The van der Waals surface area contributed by atoms with Crippen molar-refractivity contribution in [2.24, 2.45) is 0 Å². The number of anilines is 2. The topological polar surface area (TPSA) is 88.3 Å². The van der Waals surface area contributed by atoms with Gasteiger partial charge in [0.05, 0.1) is 21.2 Å². The highest BCUT2D eigenvalue weighted by Gasteiger charge is 2.20. The average Bonchev–Trinajstić information content (AvgIpc) is 3.24. The number of fused-ring (bicyclic) bond motifs is 1. The summed E-state index contributed by atoms with van der Waals surface area (Å²) >= 11 is 2.73. The van der Waals surface area contributed by atoms with Gasteiger partial charge in [-0.15, -0.1) is 11.8 Å². The highest BCUT2D eigenvalue weighted by Crippen LogP contribution is 2.28. The number of rotatable bonds is 6. The van der Waals surface area contributed by atoms with Crippen LogP contribution in [0.5, 0.6) is 0 Å². The molecule has 2 heterocycles. The average molecular weight is 390 g/mol. The number of para-hydroxylation sites is 1. The van der Waals surface area contributed by atoms with Crippen LogP contribution in [-0.4, -0.2) is 40.0 Å². The third kappa shape index (κ3) is 4.23. The van der Waals surface area contributed by atoms with Gasteiger partial charge >= 0.3 is 0 Å². The van der Waals surface area contributed by atoms with Crippen LogP contribution in [0.3, 0.4) is 0 Å². The fourth-order valence-electron chi connectivity index (χ4n) is 2.13. The number of aromatic nitrogens is 2. The van der Waals surface area contributed by atoms with Crippen molar-refractivity contribution in [3.8, 4) is 0 Å². The van der Waals surface area contributed by atoms with Gasteiger partial charge in [-0.25, -0.2) is 4.98 Å². The third-order valence-corrected chi connectivity index (χ3v) is 5.89. The highest BCUT2D eigenvalue weighted by atomic mass is 32.2. The van der Waals surface area contributed by atoms with Gasteiger partial charge in [-0.1, -0.05) is 28.6 Å². The maximum atomic E-state index is 12.4. The summed E-state index contributed by atoms with van der Waals surface area (Å²) in [5, 5.41) is 6.63. The van der Waals surface area contributed by atoms with Crippen molar-refractivity contribution in [1.82, 2.24) is 10.1 Å². The molecule has 3 rings (SSSR count). The standard InChI is InChI=1S/C17H18N4O3S2/c1-10-8-14(20-24-10)19-16(23)11(2)25-9-15(22)21(3)17-18-12-6-4-5-7-13(12)26-17/h4-8,11H,9H2,1-3H3,(H,19,20,23). The quantitative estimate of drug-likeness (QED) is 0.695. The molecule has 0 spiro atoms. The van der Waals surface area contributed by atoms with Crippen LogP contribution in [0, 0.1) is 6.92 Å². The van der Waals surface area contributed by atoms with Crippen molar-refractivity contribution in [1.29, 1.82) is 0 Å². The molecule has 1 atom stereocenters. The molecule has 0 saturated carbocycles. The predicted molar refractivity (Wildman–Crippen MR) is 105 cm³/mol. The summed E-state index contributed by atoms with van der Waals surface area (Å²) in [6.07, 6.45) is 0. The second kappa shape index (κ2) is 7.88. The molecule has 1 aromatic carbocycles. The van der Waals surface area contributed by atoms with Crippen molar-refractivity contribution in [2.45, 2.75) is 19.1 Å². The lowest BCUT2D eigenvalue weighted by Gasteiger charge is -2.15. The fraction of sp³-hybridized carbons (Fsp3) is 0.294. The van der Waals surface area contributed by atoms with E-state index < -0.39 is 5.25 Å². The lowest BCUT2D eigenvalue weighted by Crippen LogP contribution is -2.30. The largest absolute Gasteiger partial charge is 0.360 e. The normalized spacial score (nSPS) is 12.1. The molecular weight excluding hydrogens is 372 g/mol. The maximum absolute atomic E-state index is 12.4. The number of nitrogens with zero attached hydrogens (tertiary/aromatic N) is 3. The smallest absolute Gasteiger partial charge is 0.238 e. The summed E-state index contributed by atoms with van der Waals surface area (Å²) in [5.41, 5.74) is 0.871. The van der Waals surface area contributed by atoms with E-state index in [1.807, 2.05) is 24.3 Å². The SMILES string of the molecule is Cc1cc(NC(=O)C(C)SCC(=O)N(C)c2nc3ccccc3s2)no1. The van der Waals surface area contributed by atoms with Gasteiger partial charge in [0, 0.05) is 13.1 Å². The zero-order valence-corrected chi connectivity index (χ0v) is 16.2. The number of nitrogens with one attached hydrogen (secondary N) is 1. The fourth-order valence-corrected chi connectivity index (χ4v) is 3.87. The molecule has 9 heteroatoms. The first-order valence-electron chi connectivity index (χ1n) is 7.92. The molecule has 0 aliphatic carbocycles. The Morgan fingerprint density at radius 2 is 2.15 bits per heavy atom. The van der Waals surface area contributed by atoms with E-state index in [0.29, 0.717) is 16.7 Å². The Hall–Kier alpha value is -2.39. The van der Waals surface area contributed by atoms with Crippen LogP contribution in [0.1, 0.15) is 12.7 Å². The molecule has 0 saturated heterocycles. The van der Waals surface area contributed by atoms with Gasteiger partial charge in [0.1, 0.15) is 5.76 Å². The number of carbonyl (C=O) groups is 2. The van der Waals surface area contributed by atoms with E-state index in [-0.39, 0.29) is 17.6 Å². The lowest BCUT2D eigenvalue weighted by atomic mass is 10.3. The number of thiazole rings is 1. The first-order chi connectivity index (χ1) is 12.4. The number of amides is 2. The first kappa shape index (κ1) is 18.4. The van der Waals surface area contributed by atoms with E-state index in [4.69, 9.17) is 4.52 Å². The molecular formula is C17H18N4O3S2. The molecule has 0 aliphatic heterocycles. The molecule has 3 aromatic rings. The lowest BCUT2D eigenvalue weighted by molar-refractivity contribution is -0.116. The predicted octanol–water partition coefficient (Wildman–Crippen LogP) is 3.32. The van der Waals surface area contributed by atoms with Crippen LogP contribution < -0.4 is 10.2 Å². The molecule has 0 aliphatic rings. The monoisotopic (exact) mass is 390 g/mol. The summed E-state index contributed by atoms with van der Waals surface area (Å²) in [5.74, 6) is 0.842. The molecule has 136 valence electrons. The molecule has 2 amide bonds. The van der Waals surface area contributed by atoms with Gasteiger partial charge < -0.3 is 9.84 Å². The van der Waals surface area contributed by atoms with Crippen molar-refractivity contribution in [2.75, 3.05) is 23.0 Å². The highest BCUT2D eigenvalue weighted by molar-refractivity contribution is 8.01. The molecule has 26 heavy (non-hydrogen) atoms. The molecule has 1 unspecified atom stereocenters. The van der Waals surface area contributed by atoms with Crippen molar-refractivity contribution in [3.05, 3.63) is 36.1 Å². The van der Waals surface area contributed by atoms with Gasteiger partial charge in [-0.05, 0) is 26.0 Å². The minimum Gasteiger partial charge on any atom is -0.360 e. The minimum atomic E-state index is -0.403. The van der Waals surface area contributed by atoms with E-state index in [9.17, 15) is 9.59 Å². The number of hydrogen-bond donors (Lipinski definition) is 1. The van der Waals surface area contributed by atoms with Crippen molar-refractivity contribution in [3.63, 3.8) is 0 Å². The van der Waals surface area contributed by atoms with Crippen LogP contribution in [-0.2, 0) is 9.59 Å². The molecule has 0 radical (unpaired) electrons. The van der Waals surface area contributed by atoms with Gasteiger partial charge in [0.15, 0.2) is 10.9 Å². The number of aryl methyl sites for hydroxylation is 1. The Morgan fingerprint density at radius 3 is 2.85 bits per heavy atom. The number of carbonyl (C=O) groups excluding carboxylic acids is 2. The van der Waals surface area contributed by atoms with E-state index in [1.54, 1.807) is 27.0 Å². The molecule has 1 N–H and O–H groups in total. The van der Waals surface area contributed by atoms with Gasteiger partial charge in [0.2, 0.25) is 11.8 Å². The second-order valence-corrected chi connectivity index (χ2v) is 8.02. The molecule has 0 fully saturated rings. The zero-order chi connectivity index (χ0) is 18.7. The van der Waals surface area contributed by atoms with Crippen LogP contribution in [0.4, 0.5) is 10.9 Å². The molecule has 7 nitrogen and oxygen atoms in total. The second-order valence-electron chi connectivity index (χ2n) is 5.68. The first-order valence-corrected chi connectivity index (χ1v) is 9.78. The van der Waals surface area contributed by atoms with Crippen LogP contribution in [0.15, 0.2) is 34.9 Å². The van der Waals surface area contributed by atoms with Crippen LogP contribution >= 0.6 is 23.1 Å².